The molecule has 0 aliphatic heterocycles. The molecule has 0 spiro atoms. The van der Waals surface area contributed by atoms with E-state index in [9.17, 15) is 28.8 Å². The van der Waals surface area contributed by atoms with Crippen LogP contribution in [0.2, 0.25) is 0 Å². The van der Waals surface area contributed by atoms with Gasteiger partial charge in [0.05, 0.1) is 27.8 Å². The van der Waals surface area contributed by atoms with Crippen LogP contribution in [0.5, 0.6) is 0 Å². The van der Waals surface area contributed by atoms with Crippen molar-refractivity contribution in [1.82, 2.24) is 0 Å². The number of methoxy groups -OCH3 is 3. The molecule has 0 N–H and O–H groups in total. The van der Waals surface area contributed by atoms with Gasteiger partial charge in [0.15, 0.2) is 0 Å². The third-order valence-electron chi connectivity index (χ3n) is 1.36. The number of hydrogen-bond acceptors (Lipinski definition) is 9. The first-order valence-electron chi connectivity index (χ1n) is 5.77. The van der Waals surface area contributed by atoms with Crippen LogP contribution in [0.3, 0.4) is 0 Å². The molecule has 0 heterocycles. The molecule has 0 aliphatic rings. The number of esters is 3. The third kappa shape index (κ3) is 19.8. The van der Waals surface area contributed by atoms with E-state index >= 15 is 0 Å². The Labute approximate surface area is 127 Å². The Kier molecular flexibility index (Phi) is 16.5. The summed E-state index contributed by atoms with van der Waals surface area (Å²) in [6, 6.07) is 0. The molecule has 9 nitrogen and oxygen atoms in total. The molecule has 0 aromatic carbocycles. The maximum atomic E-state index is 10.5. The molecule has 0 unspecified atom stereocenters. The highest BCUT2D eigenvalue weighted by Gasteiger charge is 2.15. The molecule has 22 heavy (non-hydrogen) atoms. The van der Waals surface area contributed by atoms with Crippen LogP contribution in [0, 0.1) is 0 Å². The number of carbonyl (C=O) groups excluding carboxylic acids is 6. The van der Waals surface area contributed by atoms with E-state index in [-0.39, 0.29) is 18.0 Å². The molecule has 0 amide bonds. The summed E-state index contributed by atoms with van der Waals surface area (Å²) in [6.07, 6.45) is -0.368. The second-order valence-corrected chi connectivity index (χ2v) is 3.68. The smallest absolute Gasteiger partial charge is 0.417 e. The van der Waals surface area contributed by atoms with Gasteiger partial charge in [0, 0.05) is 0 Å². The topological polar surface area (TPSA) is 130 Å². The molecule has 0 saturated heterocycles. The van der Waals surface area contributed by atoms with E-state index in [0.717, 1.165) is 21.3 Å². The fourth-order valence-electron chi connectivity index (χ4n) is 0.579. The van der Waals surface area contributed by atoms with Crippen molar-refractivity contribution in [3.63, 3.8) is 0 Å². The Balaban J connectivity index is -0.000000269. The van der Waals surface area contributed by atoms with Crippen molar-refractivity contribution in [2.24, 2.45) is 0 Å². The molecule has 0 fully saturated rings. The second-order valence-electron chi connectivity index (χ2n) is 3.68. The van der Waals surface area contributed by atoms with Gasteiger partial charge in [-0.1, -0.05) is 0 Å². The van der Waals surface area contributed by atoms with Crippen LogP contribution in [0.25, 0.3) is 0 Å². The lowest BCUT2D eigenvalue weighted by Crippen LogP contribution is -2.17. The number of rotatable bonds is 3. The highest BCUT2D eigenvalue weighted by atomic mass is 16.6. The summed E-state index contributed by atoms with van der Waals surface area (Å²) < 4.78 is 12.1. The molecule has 0 rings (SSSR count). The molecule has 126 valence electrons. The van der Waals surface area contributed by atoms with Gasteiger partial charge in [0.1, 0.15) is 11.6 Å². The standard InChI is InChI=1S/C6H8O4.C4H6O4.C3H6O/c1-4(7)3-5(8)6(9)10-2;1-7-3(5)4(6)8-2;1-3(2)4/h3H2,1-2H3;1-2H3;1-2H3. The Morgan fingerprint density at radius 3 is 1.09 bits per heavy atom. The summed E-state index contributed by atoms with van der Waals surface area (Å²) in [7, 11) is 3.32. The van der Waals surface area contributed by atoms with E-state index in [1.807, 2.05) is 0 Å². The first-order chi connectivity index (χ1) is 10.0. The van der Waals surface area contributed by atoms with Crippen molar-refractivity contribution >= 4 is 35.3 Å². The van der Waals surface area contributed by atoms with Crippen LogP contribution in [0.1, 0.15) is 27.2 Å². The number of hydrogen-bond donors (Lipinski definition) is 0. The predicted molar refractivity (Wildman–Crippen MR) is 72.7 cm³/mol. The summed E-state index contributed by atoms with van der Waals surface area (Å²) in [6.45, 7) is 4.29. The van der Waals surface area contributed by atoms with Gasteiger partial charge in [-0.3, -0.25) is 9.59 Å². The van der Waals surface area contributed by atoms with E-state index in [1.165, 1.54) is 20.8 Å². The molecular weight excluding hydrogens is 300 g/mol. The van der Waals surface area contributed by atoms with Gasteiger partial charge in [0.25, 0.3) is 0 Å². The monoisotopic (exact) mass is 320 g/mol. The maximum absolute atomic E-state index is 10.5. The fraction of sp³-hybridized carbons (Fsp3) is 0.538. The Hall–Kier alpha value is -2.58. The van der Waals surface area contributed by atoms with Crippen LogP contribution in [-0.2, 0) is 43.0 Å². The van der Waals surface area contributed by atoms with Gasteiger partial charge in [-0.15, -0.1) is 0 Å². The Bertz CT molecular complexity index is 405. The summed E-state index contributed by atoms with van der Waals surface area (Å²) >= 11 is 0. The average molecular weight is 320 g/mol. The van der Waals surface area contributed by atoms with E-state index in [4.69, 9.17) is 0 Å². The van der Waals surface area contributed by atoms with Crippen molar-refractivity contribution in [2.75, 3.05) is 21.3 Å². The first-order valence-corrected chi connectivity index (χ1v) is 5.77. The van der Waals surface area contributed by atoms with Crippen molar-refractivity contribution in [1.29, 1.82) is 0 Å². The average Bonchev–Trinajstić information content (AvgIpc) is 2.43. The maximum Gasteiger partial charge on any atom is 0.417 e. The normalized spacial score (nSPS) is 7.91. The quantitative estimate of drug-likeness (QED) is 0.296. The lowest BCUT2D eigenvalue weighted by Gasteiger charge is -1.93. The predicted octanol–water partition coefficient (Wildman–Crippen LogP) is -0.365. The van der Waals surface area contributed by atoms with Crippen LogP contribution in [0.15, 0.2) is 0 Å². The minimum Gasteiger partial charge on any atom is -0.463 e. The molecule has 0 aliphatic carbocycles. The molecule has 0 atom stereocenters. The SMILES string of the molecule is CC(C)=O.COC(=O)C(=O)CC(C)=O.COC(=O)C(=O)OC. The number of carbonyl (C=O) groups is 6. The highest BCUT2D eigenvalue weighted by Crippen LogP contribution is 1.86. The minimum absolute atomic E-state index is 0.167. The number of ketones is 3. The molecule has 0 saturated carbocycles. The van der Waals surface area contributed by atoms with Crippen LogP contribution in [-0.4, -0.2) is 56.6 Å². The van der Waals surface area contributed by atoms with Gasteiger partial charge in [0.2, 0.25) is 5.78 Å². The van der Waals surface area contributed by atoms with Gasteiger partial charge < -0.3 is 19.0 Å². The Morgan fingerprint density at radius 1 is 0.636 bits per heavy atom. The van der Waals surface area contributed by atoms with Gasteiger partial charge >= 0.3 is 17.9 Å². The van der Waals surface area contributed by atoms with Crippen molar-refractivity contribution in [3.05, 3.63) is 0 Å². The van der Waals surface area contributed by atoms with E-state index < -0.39 is 23.7 Å². The second kappa shape index (κ2) is 14.8. The van der Waals surface area contributed by atoms with E-state index in [2.05, 4.69) is 14.2 Å². The van der Waals surface area contributed by atoms with E-state index in [0.29, 0.717) is 0 Å². The van der Waals surface area contributed by atoms with Crippen molar-refractivity contribution in [2.45, 2.75) is 27.2 Å². The zero-order valence-electron chi connectivity index (χ0n) is 13.4. The molecule has 9 heteroatoms. The largest absolute Gasteiger partial charge is 0.463 e. The third-order valence-corrected chi connectivity index (χ3v) is 1.36. The van der Waals surface area contributed by atoms with Crippen molar-refractivity contribution < 1.29 is 43.0 Å². The summed E-state index contributed by atoms with van der Waals surface area (Å²) in [5.74, 6) is -3.89. The fourth-order valence-corrected chi connectivity index (χ4v) is 0.579. The molecule has 0 aromatic heterocycles. The van der Waals surface area contributed by atoms with Crippen molar-refractivity contribution in [3.8, 4) is 0 Å². The zero-order valence-corrected chi connectivity index (χ0v) is 13.4. The summed E-state index contributed by atoms with van der Waals surface area (Å²) in [5.41, 5.74) is 0. The molecule has 0 radical (unpaired) electrons. The van der Waals surface area contributed by atoms with Gasteiger partial charge in [-0.05, 0) is 20.8 Å². The summed E-state index contributed by atoms with van der Waals surface area (Å²) in [4.78, 5) is 60.6. The van der Waals surface area contributed by atoms with E-state index in [1.54, 1.807) is 0 Å². The first kappa shape index (κ1) is 24.4. The number of Topliss-reactive ketones (excluding diaryl/α,β-unsaturated/α-hetero) is 3. The molecule has 0 aromatic rings. The summed E-state index contributed by atoms with van der Waals surface area (Å²) in [5, 5.41) is 0. The zero-order chi connectivity index (χ0) is 18.3. The van der Waals surface area contributed by atoms with Crippen LogP contribution >= 0.6 is 0 Å². The Morgan fingerprint density at radius 2 is 0.909 bits per heavy atom. The van der Waals surface area contributed by atoms with Crippen LogP contribution in [0.4, 0.5) is 0 Å². The lowest BCUT2D eigenvalue weighted by atomic mass is 10.2. The minimum atomic E-state index is -0.979. The molecule has 0 bridgehead atoms. The van der Waals surface area contributed by atoms with Gasteiger partial charge in [-0.25, -0.2) is 14.4 Å². The lowest BCUT2D eigenvalue weighted by molar-refractivity contribution is -0.164. The molecular formula is C13H20O9. The van der Waals surface area contributed by atoms with Crippen LogP contribution < -0.4 is 0 Å². The van der Waals surface area contributed by atoms with Gasteiger partial charge in [-0.2, -0.15) is 0 Å². The highest BCUT2D eigenvalue weighted by molar-refractivity contribution is 6.36. The number of ether oxygens (including phenoxy) is 3.